The number of rotatable bonds is 3. The summed E-state index contributed by atoms with van der Waals surface area (Å²) >= 11 is 0. The van der Waals surface area contributed by atoms with Crippen LogP contribution in [0.4, 0.5) is 0 Å². The van der Waals surface area contributed by atoms with Gasteiger partial charge in [0.15, 0.2) is 0 Å². The van der Waals surface area contributed by atoms with E-state index >= 15 is 0 Å². The minimum atomic E-state index is 0.379. The van der Waals surface area contributed by atoms with Gasteiger partial charge in [-0.05, 0) is 63.0 Å². The van der Waals surface area contributed by atoms with E-state index in [2.05, 4.69) is 29.4 Å². The smallest absolute Gasteiger partial charge is 0.0570 e. The maximum atomic E-state index is 4.45. The Kier molecular flexibility index (Phi) is 3.88. The monoisotopic (exact) mass is 258 g/mol. The van der Waals surface area contributed by atoms with E-state index in [0.29, 0.717) is 12.1 Å². The third-order valence-corrected chi connectivity index (χ3v) is 5.33. The predicted octanol–water partition coefficient (Wildman–Crippen LogP) is 4.24. The summed E-state index contributed by atoms with van der Waals surface area (Å²) in [6, 6.07) is 7.27. The third kappa shape index (κ3) is 3.00. The molecule has 0 saturated heterocycles. The molecule has 104 valence electrons. The number of hydrogen-bond acceptors (Lipinski definition) is 2. The fourth-order valence-corrected chi connectivity index (χ4v) is 4.09. The molecule has 0 bridgehead atoms. The normalized spacial score (nSPS) is 24.7. The molecular weight excluding hydrogens is 232 g/mol. The zero-order valence-electron chi connectivity index (χ0n) is 12.1. The standard InChI is InChI=1S/C17H26N2/c1-14(16-6-2-5-13-18-16)19-15-7-11-17(12-8-15)9-3-4-10-17/h2,5-6,13-15,19H,3-4,7-12H2,1H3/t14-/m0/s1. The second-order valence-corrected chi connectivity index (χ2v) is 6.62. The van der Waals surface area contributed by atoms with Crippen molar-refractivity contribution in [3.05, 3.63) is 30.1 Å². The van der Waals surface area contributed by atoms with E-state index in [1.807, 2.05) is 12.3 Å². The van der Waals surface area contributed by atoms with Crippen LogP contribution in [0.25, 0.3) is 0 Å². The van der Waals surface area contributed by atoms with Crippen molar-refractivity contribution in [1.82, 2.24) is 10.3 Å². The summed E-state index contributed by atoms with van der Waals surface area (Å²) in [7, 11) is 0. The number of nitrogens with one attached hydrogen (secondary N) is 1. The summed E-state index contributed by atoms with van der Waals surface area (Å²) < 4.78 is 0. The molecule has 19 heavy (non-hydrogen) atoms. The number of hydrogen-bond donors (Lipinski definition) is 1. The Labute approximate surface area is 117 Å². The molecule has 1 heterocycles. The van der Waals surface area contributed by atoms with E-state index in [-0.39, 0.29) is 0 Å². The molecule has 2 nitrogen and oxygen atoms in total. The fraction of sp³-hybridized carbons (Fsp3) is 0.706. The van der Waals surface area contributed by atoms with Crippen molar-refractivity contribution >= 4 is 0 Å². The average molecular weight is 258 g/mol. The number of nitrogens with zero attached hydrogens (tertiary/aromatic N) is 1. The topological polar surface area (TPSA) is 24.9 Å². The van der Waals surface area contributed by atoms with Crippen LogP contribution in [0, 0.1) is 5.41 Å². The van der Waals surface area contributed by atoms with Crippen LogP contribution in [0.5, 0.6) is 0 Å². The molecule has 2 heteroatoms. The first-order valence-corrected chi connectivity index (χ1v) is 7.94. The van der Waals surface area contributed by atoms with Crippen LogP contribution in [0.1, 0.15) is 70.0 Å². The zero-order valence-corrected chi connectivity index (χ0v) is 12.1. The minimum Gasteiger partial charge on any atom is -0.306 e. The Morgan fingerprint density at radius 2 is 1.89 bits per heavy atom. The van der Waals surface area contributed by atoms with Crippen molar-refractivity contribution in [3.8, 4) is 0 Å². The van der Waals surface area contributed by atoms with Crippen LogP contribution in [0.2, 0.25) is 0 Å². The second-order valence-electron chi connectivity index (χ2n) is 6.62. The zero-order chi connectivity index (χ0) is 13.1. The summed E-state index contributed by atoms with van der Waals surface area (Å²) in [6.45, 7) is 2.24. The Bertz CT molecular complexity index is 385. The van der Waals surface area contributed by atoms with Crippen molar-refractivity contribution in [2.75, 3.05) is 0 Å². The van der Waals surface area contributed by atoms with Gasteiger partial charge in [-0.15, -0.1) is 0 Å². The van der Waals surface area contributed by atoms with Crippen molar-refractivity contribution < 1.29 is 0 Å². The summed E-state index contributed by atoms with van der Waals surface area (Å²) in [4.78, 5) is 4.45. The fourth-order valence-electron chi connectivity index (χ4n) is 4.09. The van der Waals surface area contributed by atoms with Crippen LogP contribution in [-0.4, -0.2) is 11.0 Å². The average Bonchev–Trinajstić information content (AvgIpc) is 2.91. The highest BCUT2D eigenvalue weighted by atomic mass is 15.0. The molecule has 2 aliphatic rings. The Morgan fingerprint density at radius 1 is 1.16 bits per heavy atom. The van der Waals surface area contributed by atoms with E-state index in [1.165, 1.54) is 57.1 Å². The summed E-state index contributed by atoms with van der Waals surface area (Å²) in [5, 5.41) is 3.78. The molecule has 1 aromatic rings. The van der Waals surface area contributed by atoms with Crippen molar-refractivity contribution in [3.63, 3.8) is 0 Å². The molecule has 1 spiro atoms. The number of aromatic nitrogens is 1. The van der Waals surface area contributed by atoms with Crippen LogP contribution in [-0.2, 0) is 0 Å². The summed E-state index contributed by atoms with van der Waals surface area (Å²) in [5.74, 6) is 0. The van der Waals surface area contributed by atoms with E-state index in [9.17, 15) is 0 Å². The lowest BCUT2D eigenvalue weighted by atomic mass is 9.71. The van der Waals surface area contributed by atoms with Gasteiger partial charge in [-0.25, -0.2) is 0 Å². The van der Waals surface area contributed by atoms with Gasteiger partial charge in [-0.2, -0.15) is 0 Å². The highest BCUT2D eigenvalue weighted by Gasteiger charge is 2.37. The first kappa shape index (κ1) is 13.1. The quantitative estimate of drug-likeness (QED) is 0.877. The van der Waals surface area contributed by atoms with Gasteiger partial charge >= 0.3 is 0 Å². The molecule has 0 aliphatic heterocycles. The lowest BCUT2D eigenvalue weighted by molar-refractivity contribution is 0.163. The lowest BCUT2D eigenvalue weighted by Crippen LogP contribution is -2.38. The van der Waals surface area contributed by atoms with Crippen molar-refractivity contribution in [2.45, 2.75) is 70.4 Å². The Hall–Kier alpha value is -0.890. The molecule has 1 aromatic heterocycles. The Balaban J connectivity index is 1.52. The van der Waals surface area contributed by atoms with Gasteiger partial charge in [-0.3, -0.25) is 4.98 Å². The first-order chi connectivity index (χ1) is 9.27. The van der Waals surface area contributed by atoms with Crippen molar-refractivity contribution in [1.29, 1.82) is 0 Å². The van der Waals surface area contributed by atoms with E-state index in [1.54, 1.807) is 0 Å². The number of pyridine rings is 1. The van der Waals surface area contributed by atoms with Gasteiger partial charge in [0.2, 0.25) is 0 Å². The van der Waals surface area contributed by atoms with Gasteiger partial charge < -0.3 is 5.32 Å². The lowest BCUT2D eigenvalue weighted by Gasteiger charge is -2.38. The highest BCUT2D eigenvalue weighted by Crippen LogP contribution is 2.49. The van der Waals surface area contributed by atoms with Crippen LogP contribution < -0.4 is 5.32 Å². The molecule has 1 atom stereocenters. The molecule has 1 N–H and O–H groups in total. The Morgan fingerprint density at radius 3 is 2.53 bits per heavy atom. The van der Waals surface area contributed by atoms with E-state index in [0.717, 1.165) is 5.41 Å². The van der Waals surface area contributed by atoms with Crippen LogP contribution in [0.15, 0.2) is 24.4 Å². The molecule has 2 aliphatic carbocycles. The van der Waals surface area contributed by atoms with Gasteiger partial charge in [0.05, 0.1) is 5.69 Å². The minimum absolute atomic E-state index is 0.379. The molecule has 3 rings (SSSR count). The highest BCUT2D eigenvalue weighted by molar-refractivity contribution is 5.08. The maximum Gasteiger partial charge on any atom is 0.0570 e. The SMILES string of the molecule is C[C@H](NC1CCC2(CCCC2)CC1)c1ccccn1. The molecule has 0 amide bonds. The molecule has 0 unspecified atom stereocenters. The largest absolute Gasteiger partial charge is 0.306 e. The van der Waals surface area contributed by atoms with Crippen molar-refractivity contribution in [2.24, 2.45) is 5.41 Å². The van der Waals surface area contributed by atoms with Crippen LogP contribution in [0.3, 0.4) is 0 Å². The van der Waals surface area contributed by atoms with E-state index in [4.69, 9.17) is 0 Å². The van der Waals surface area contributed by atoms with Gasteiger partial charge in [0.1, 0.15) is 0 Å². The molecule has 2 saturated carbocycles. The summed E-state index contributed by atoms with van der Waals surface area (Å²) in [5.41, 5.74) is 1.91. The third-order valence-electron chi connectivity index (χ3n) is 5.33. The van der Waals surface area contributed by atoms with E-state index < -0.39 is 0 Å². The molecule has 2 fully saturated rings. The van der Waals surface area contributed by atoms with Gasteiger partial charge in [0, 0.05) is 18.3 Å². The first-order valence-electron chi connectivity index (χ1n) is 7.94. The summed E-state index contributed by atoms with van der Waals surface area (Å²) in [6.07, 6.45) is 13.4. The second kappa shape index (κ2) is 5.62. The van der Waals surface area contributed by atoms with Crippen LogP contribution >= 0.6 is 0 Å². The molecular formula is C17H26N2. The maximum absolute atomic E-state index is 4.45. The molecule has 0 radical (unpaired) electrons. The predicted molar refractivity (Wildman–Crippen MR) is 78.9 cm³/mol. The molecule has 0 aromatic carbocycles. The van der Waals surface area contributed by atoms with Gasteiger partial charge in [-0.1, -0.05) is 18.9 Å². The van der Waals surface area contributed by atoms with Gasteiger partial charge in [0.25, 0.3) is 0 Å².